The molecular weight excluding hydrogens is 360 g/mol. The van der Waals surface area contributed by atoms with Gasteiger partial charge in [0.1, 0.15) is 0 Å². The normalized spacial score (nSPS) is 17.1. The van der Waals surface area contributed by atoms with Gasteiger partial charge in [0.25, 0.3) is 5.91 Å². The van der Waals surface area contributed by atoms with Crippen LogP contribution in [0.3, 0.4) is 0 Å². The zero-order chi connectivity index (χ0) is 19.8. The van der Waals surface area contributed by atoms with Crippen LogP contribution in [0.5, 0.6) is 0 Å². The Bertz CT molecular complexity index is 1040. The molecule has 0 aliphatic carbocycles. The van der Waals surface area contributed by atoms with Crippen LogP contribution in [0.4, 0.5) is 0 Å². The number of likely N-dealkylation sites (tertiary alicyclic amines) is 1. The zero-order valence-corrected chi connectivity index (χ0v) is 17.1. The Hall–Kier alpha value is -2.66. The number of carbonyl (C=O) groups excluding carboxylic acids is 1. The van der Waals surface area contributed by atoms with Gasteiger partial charge in [-0.25, -0.2) is 0 Å². The molecule has 2 aromatic carbocycles. The quantitative estimate of drug-likeness (QED) is 0.682. The monoisotopic (exact) mass is 388 g/mol. The second-order valence-corrected chi connectivity index (χ2v) is 8.19. The van der Waals surface area contributed by atoms with E-state index < -0.39 is 0 Å². The highest BCUT2D eigenvalue weighted by molar-refractivity contribution is 5.94. The molecule has 29 heavy (non-hydrogen) atoms. The molecule has 2 aliphatic rings. The first-order chi connectivity index (χ1) is 14.2. The van der Waals surface area contributed by atoms with Crippen LogP contribution in [0.15, 0.2) is 42.5 Å². The Morgan fingerprint density at radius 1 is 1.03 bits per heavy atom. The highest BCUT2D eigenvalue weighted by atomic mass is 16.2. The van der Waals surface area contributed by atoms with Crippen molar-refractivity contribution in [1.82, 2.24) is 19.6 Å². The van der Waals surface area contributed by atoms with Crippen LogP contribution >= 0.6 is 0 Å². The number of amides is 1. The van der Waals surface area contributed by atoms with Gasteiger partial charge in [-0.3, -0.25) is 14.4 Å². The standard InChI is InChI=1S/C24H28N4O/c1-2-28-22-12-15-26(16-19-10-7-9-18-8-3-4-11-20(18)19)17-21(22)23(25-28)24(29)27-13-5-6-14-27/h3-4,7-11H,2,5-6,12-17H2,1H3. The molecule has 1 aromatic heterocycles. The molecule has 1 saturated heterocycles. The summed E-state index contributed by atoms with van der Waals surface area (Å²) in [7, 11) is 0. The Morgan fingerprint density at radius 2 is 1.83 bits per heavy atom. The number of aryl methyl sites for hydroxylation is 1. The van der Waals surface area contributed by atoms with E-state index in [2.05, 4.69) is 54.3 Å². The number of nitrogens with zero attached hydrogens (tertiary/aromatic N) is 4. The summed E-state index contributed by atoms with van der Waals surface area (Å²) >= 11 is 0. The van der Waals surface area contributed by atoms with Crippen molar-refractivity contribution in [2.24, 2.45) is 0 Å². The van der Waals surface area contributed by atoms with E-state index in [0.717, 1.165) is 64.1 Å². The van der Waals surface area contributed by atoms with E-state index in [1.54, 1.807) is 0 Å². The lowest BCUT2D eigenvalue weighted by molar-refractivity contribution is 0.0783. The summed E-state index contributed by atoms with van der Waals surface area (Å²) in [4.78, 5) is 17.6. The lowest BCUT2D eigenvalue weighted by Gasteiger charge is -2.28. The summed E-state index contributed by atoms with van der Waals surface area (Å²) in [6, 6.07) is 15.1. The Morgan fingerprint density at radius 3 is 2.66 bits per heavy atom. The van der Waals surface area contributed by atoms with Crippen molar-refractivity contribution in [2.45, 2.75) is 45.8 Å². The third kappa shape index (κ3) is 3.33. The maximum Gasteiger partial charge on any atom is 0.274 e. The smallest absolute Gasteiger partial charge is 0.274 e. The fourth-order valence-electron chi connectivity index (χ4n) is 4.86. The molecule has 0 spiro atoms. The Balaban J connectivity index is 1.44. The molecule has 1 amide bonds. The fourth-order valence-corrected chi connectivity index (χ4v) is 4.86. The highest BCUT2D eigenvalue weighted by Gasteiger charge is 2.31. The molecule has 0 saturated carbocycles. The molecule has 0 unspecified atom stereocenters. The van der Waals surface area contributed by atoms with Gasteiger partial charge in [-0.05, 0) is 36.1 Å². The molecule has 1 fully saturated rings. The third-order valence-electron chi connectivity index (χ3n) is 6.38. The van der Waals surface area contributed by atoms with Crippen LogP contribution in [0.2, 0.25) is 0 Å². The average molecular weight is 389 g/mol. The van der Waals surface area contributed by atoms with Crippen molar-refractivity contribution < 1.29 is 4.79 Å². The summed E-state index contributed by atoms with van der Waals surface area (Å²) in [5.41, 5.74) is 4.44. The fraction of sp³-hybridized carbons (Fsp3) is 0.417. The largest absolute Gasteiger partial charge is 0.337 e. The van der Waals surface area contributed by atoms with E-state index in [-0.39, 0.29) is 5.91 Å². The first-order valence-corrected chi connectivity index (χ1v) is 10.8. The van der Waals surface area contributed by atoms with Gasteiger partial charge in [0, 0.05) is 56.9 Å². The second-order valence-electron chi connectivity index (χ2n) is 8.19. The van der Waals surface area contributed by atoms with Gasteiger partial charge < -0.3 is 4.90 Å². The first-order valence-electron chi connectivity index (χ1n) is 10.8. The number of rotatable bonds is 4. The van der Waals surface area contributed by atoms with Gasteiger partial charge in [0.05, 0.1) is 0 Å². The minimum absolute atomic E-state index is 0.123. The molecule has 2 aliphatic heterocycles. The van der Waals surface area contributed by atoms with Crippen LogP contribution in [-0.4, -0.2) is 45.1 Å². The summed E-state index contributed by atoms with van der Waals surface area (Å²) in [6.45, 7) is 7.36. The van der Waals surface area contributed by atoms with E-state index >= 15 is 0 Å². The molecule has 0 N–H and O–H groups in total. The third-order valence-corrected chi connectivity index (χ3v) is 6.38. The van der Waals surface area contributed by atoms with Crippen LogP contribution < -0.4 is 0 Å². The van der Waals surface area contributed by atoms with E-state index in [4.69, 9.17) is 5.10 Å². The topological polar surface area (TPSA) is 41.4 Å². The van der Waals surface area contributed by atoms with Crippen molar-refractivity contribution in [3.8, 4) is 0 Å². The lowest BCUT2D eigenvalue weighted by Crippen LogP contribution is -2.33. The van der Waals surface area contributed by atoms with E-state index in [1.807, 2.05) is 9.58 Å². The zero-order valence-electron chi connectivity index (χ0n) is 17.1. The molecule has 5 rings (SSSR count). The van der Waals surface area contributed by atoms with E-state index in [0.29, 0.717) is 5.69 Å². The molecule has 0 bridgehead atoms. The number of fused-ring (bicyclic) bond motifs is 2. The maximum atomic E-state index is 13.1. The van der Waals surface area contributed by atoms with E-state index in [1.165, 1.54) is 22.0 Å². The summed E-state index contributed by atoms with van der Waals surface area (Å²) in [5.74, 6) is 0.123. The van der Waals surface area contributed by atoms with Crippen LogP contribution in [-0.2, 0) is 26.1 Å². The Labute approximate surface area is 171 Å². The molecule has 3 heterocycles. The van der Waals surface area contributed by atoms with Gasteiger partial charge in [-0.1, -0.05) is 42.5 Å². The lowest BCUT2D eigenvalue weighted by atomic mass is 10.0. The molecule has 5 nitrogen and oxygen atoms in total. The number of benzene rings is 2. The summed E-state index contributed by atoms with van der Waals surface area (Å²) in [5, 5.41) is 7.35. The summed E-state index contributed by atoms with van der Waals surface area (Å²) in [6.07, 6.45) is 3.17. The van der Waals surface area contributed by atoms with Gasteiger partial charge in [-0.2, -0.15) is 5.10 Å². The molecule has 3 aromatic rings. The predicted molar refractivity (Wildman–Crippen MR) is 115 cm³/mol. The maximum absolute atomic E-state index is 13.1. The van der Waals surface area contributed by atoms with Gasteiger partial charge in [0.2, 0.25) is 0 Å². The van der Waals surface area contributed by atoms with Crippen molar-refractivity contribution in [3.63, 3.8) is 0 Å². The SMILES string of the molecule is CCn1nc(C(=O)N2CCCC2)c2c1CCN(Cc1cccc3ccccc13)C2. The molecule has 5 heteroatoms. The number of carbonyl (C=O) groups is 1. The minimum Gasteiger partial charge on any atom is -0.337 e. The first kappa shape index (κ1) is 18.4. The number of hydrogen-bond acceptors (Lipinski definition) is 3. The average Bonchev–Trinajstić information content (AvgIpc) is 3.42. The number of hydrogen-bond donors (Lipinski definition) is 0. The van der Waals surface area contributed by atoms with Gasteiger partial charge in [-0.15, -0.1) is 0 Å². The minimum atomic E-state index is 0.123. The van der Waals surface area contributed by atoms with Gasteiger partial charge in [0.15, 0.2) is 5.69 Å². The Kier molecular flexibility index (Phi) is 4.84. The van der Waals surface area contributed by atoms with Crippen molar-refractivity contribution >= 4 is 16.7 Å². The number of aromatic nitrogens is 2. The van der Waals surface area contributed by atoms with Crippen molar-refractivity contribution in [3.05, 3.63) is 65.0 Å². The van der Waals surface area contributed by atoms with Gasteiger partial charge >= 0.3 is 0 Å². The molecule has 0 atom stereocenters. The van der Waals surface area contributed by atoms with Crippen LogP contribution in [0.25, 0.3) is 10.8 Å². The molecular formula is C24H28N4O. The summed E-state index contributed by atoms with van der Waals surface area (Å²) < 4.78 is 2.05. The molecule has 150 valence electrons. The molecule has 0 radical (unpaired) electrons. The predicted octanol–water partition coefficient (Wildman–Crippen LogP) is 3.85. The van der Waals surface area contributed by atoms with E-state index in [9.17, 15) is 4.79 Å². The van der Waals surface area contributed by atoms with Crippen LogP contribution in [0.1, 0.15) is 47.1 Å². The van der Waals surface area contributed by atoms with Crippen molar-refractivity contribution in [1.29, 1.82) is 0 Å². The highest BCUT2D eigenvalue weighted by Crippen LogP contribution is 2.27. The van der Waals surface area contributed by atoms with Crippen molar-refractivity contribution in [2.75, 3.05) is 19.6 Å². The second kappa shape index (κ2) is 7.64. The van der Waals surface area contributed by atoms with Crippen LogP contribution in [0, 0.1) is 0 Å².